The Morgan fingerprint density at radius 2 is 1.88 bits per heavy atom. The summed E-state index contributed by atoms with van der Waals surface area (Å²) >= 11 is 1.11. The number of phenols is 1. The molecule has 14 nitrogen and oxygen atoms in total. The van der Waals surface area contributed by atoms with Crippen molar-refractivity contribution >= 4 is 35.4 Å². The molecule has 2 aliphatic heterocycles. The summed E-state index contributed by atoms with van der Waals surface area (Å²) in [7, 11) is 0. The van der Waals surface area contributed by atoms with E-state index < -0.39 is 87.8 Å². The van der Waals surface area contributed by atoms with Crippen LogP contribution in [0.25, 0.3) is 11.3 Å². The highest BCUT2D eigenvalue weighted by molar-refractivity contribution is 8.00. The standard InChI is InChI=1S/C40H49F4N7O7S/c1-21(52)31(45)20-59-33-13-35(56)50(39(33)58)8-7-47-34(55)14-40(3,4)36(51(38(57)22(2)53)18-24-15-46-16-30(24)44)37-48-32(28-12-25(41)5-6-29(28)43)19-49(37)17-23-9-26(42)11-27(54)10-23/h5-6,9-12,19,22,24,30-31,33,36,46,52-54H,1,7-8,13-18,20,45H2,2-4H3,(H,47,55)/t22-,24-,30-,31-,33?,36-/m0/s1. The van der Waals surface area contributed by atoms with Crippen molar-refractivity contribution in [1.29, 1.82) is 0 Å². The van der Waals surface area contributed by atoms with Crippen molar-refractivity contribution in [2.24, 2.45) is 17.1 Å². The Kier molecular flexibility index (Phi) is 14.5. The maximum Gasteiger partial charge on any atom is 0.251 e. The summed E-state index contributed by atoms with van der Waals surface area (Å²) in [5, 5.41) is 35.3. The molecule has 2 fully saturated rings. The van der Waals surface area contributed by atoms with Gasteiger partial charge in [0.15, 0.2) is 0 Å². The lowest BCUT2D eigenvalue weighted by molar-refractivity contribution is -0.147. The lowest BCUT2D eigenvalue weighted by atomic mass is 9.78. The topological polar surface area (TPSA) is 203 Å². The molecule has 0 spiro atoms. The van der Waals surface area contributed by atoms with Crippen LogP contribution in [0.4, 0.5) is 17.6 Å². The zero-order valence-electron chi connectivity index (χ0n) is 32.8. The molecule has 1 aromatic heterocycles. The number of imidazole rings is 1. The van der Waals surface area contributed by atoms with Crippen LogP contribution in [-0.2, 0) is 25.7 Å². The zero-order chi connectivity index (χ0) is 43.3. The van der Waals surface area contributed by atoms with Crippen LogP contribution < -0.4 is 16.4 Å². The number of aliphatic hydroxyl groups is 2. The van der Waals surface area contributed by atoms with Gasteiger partial charge in [0.1, 0.15) is 47.1 Å². The number of carbonyl (C=O) groups excluding carboxylic acids is 4. The number of hydrogen-bond acceptors (Lipinski definition) is 11. The Labute approximate surface area is 342 Å². The van der Waals surface area contributed by atoms with Crippen molar-refractivity contribution in [2.75, 3.05) is 38.5 Å². The molecule has 2 aromatic carbocycles. The number of imide groups is 1. The minimum Gasteiger partial charge on any atom is -0.511 e. The van der Waals surface area contributed by atoms with E-state index in [-0.39, 0.29) is 86.3 Å². The molecule has 6 atom stereocenters. The average molecular weight is 848 g/mol. The molecular weight excluding hydrogens is 799 g/mol. The zero-order valence-corrected chi connectivity index (χ0v) is 33.7. The van der Waals surface area contributed by atoms with E-state index in [1.807, 2.05) is 0 Å². The van der Waals surface area contributed by atoms with Crippen LogP contribution >= 0.6 is 11.8 Å². The molecule has 0 radical (unpaired) electrons. The fourth-order valence-corrected chi connectivity index (χ4v) is 8.50. The summed E-state index contributed by atoms with van der Waals surface area (Å²) in [5.74, 6) is -6.03. The number of thioether (sulfide) groups is 1. The molecule has 0 aliphatic carbocycles. The molecule has 1 unspecified atom stereocenters. The van der Waals surface area contributed by atoms with Crippen LogP contribution in [0.1, 0.15) is 51.0 Å². The van der Waals surface area contributed by atoms with Gasteiger partial charge in [-0.25, -0.2) is 22.5 Å². The van der Waals surface area contributed by atoms with Gasteiger partial charge in [0.25, 0.3) is 5.91 Å². The molecule has 0 bridgehead atoms. The number of aliphatic hydroxyl groups excluding tert-OH is 2. The highest BCUT2D eigenvalue weighted by Crippen LogP contribution is 2.43. The van der Waals surface area contributed by atoms with Gasteiger partial charge in [-0.1, -0.05) is 20.4 Å². The number of nitrogens with one attached hydrogen (secondary N) is 2. The lowest BCUT2D eigenvalue weighted by Gasteiger charge is -2.43. The summed E-state index contributed by atoms with van der Waals surface area (Å²) in [6.45, 7) is 7.23. The minimum absolute atomic E-state index is 0.00589. The van der Waals surface area contributed by atoms with Gasteiger partial charge in [0, 0.05) is 87.0 Å². The predicted molar refractivity (Wildman–Crippen MR) is 211 cm³/mol. The number of benzene rings is 2. The number of rotatable bonds is 18. The van der Waals surface area contributed by atoms with E-state index in [0.29, 0.717) is 0 Å². The minimum atomic E-state index is -1.62. The predicted octanol–water partition coefficient (Wildman–Crippen LogP) is 3.32. The summed E-state index contributed by atoms with van der Waals surface area (Å²) in [5.41, 5.74) is 4.29. The molecule has 5 rings (SSSR count). The molecule has 2 saturated heterocycles. The quantitative estimate of drug-likeness (QED) is 0.0623. The van der Waals surface area contributed by atoms with Crippen molar-refractivity contribution in [1.82, 2.24) is 30.0 Å². The van der Waals surface area contributed by atoms with Crippen molar-refractivity contribution in [3.63, 3.8) is 0 Å². The first-order valence-corrected chi connectivity index (χ1v) is 20.0. The van der Waals surface area contributed by atoms with Crippen LogP contribution in [0.15, 0.2) is 54.9 Å². The van der Waals surface area contributed by atoms with Gasteiger partial charge in [-0.15, -0.1) is 11.8 Å². The largest absolute Gasteiger partial charge is 0.511 e. The second-order valence-electron chi connectivity index (χ2n) is 15.6. The second kappa shape index (κ2) is 18.9. The van der Waals surface area contributed by atoms with Gasteiger partial charge in [-0.05, 0) is 42.8 Å². The van der Waals surface area contributed by atoms with Crippen LogP contribution in [0.2, 0.25) is 0 Å². The molecule has 2 aliphatic rings. The van der Waals surface area contributed by atoms with E-state index in [1.165, 1.54) is 28.7 Å². The molecule has 19 heteroatoms. The maximum absolute atomic E-state index is 15.3. The van der Waals surface area contributed by atoms with Crippen LogP contribution in [0.5, 0.6) is 5.75 Å². The van der Waals surface area contributed by atoms with E-state index >= 15 is 8.78 Å². The normalized spacial score (nSPS) is 19.8. The third-order valence-corrected chi connectivity index (χ3v) is 11.6. The fraction of sp³-hybridized carbons (Fsp3) is 0.475. The Morgan fingerprint density at radius 1 is 1.15 bits per heavy atom. The SMILES string of the molecule is C=C(O)[C@@H](N)CSC1CC(=O)N(CCNC(=O)CC(C)(C)[C@H](c2nc(-c3cc(F)ccc3F)cn2Cc2cc(O)cc(F)c2)N(C[C@@H]2CNC[C@@H]2F)C(=O)[C@H](C)O)C1=O. The first-order chi connectivity index (χ1) is 27.7. The number of aromatic hydroxyl groups is 1. The summed E-state index contributed by atoms with van der Waals surface area (Å²) < 4.78 is 61.0. The highest BCUT2D eigenvalue weighted by Gasteiger charge is 2.45. The third-order valence-electron chi connectivity index (χ3n) is 10.3. The number of hydrogen-bond donors (Lipinski definition) is 6. The number of nitrogens with zero attached hydrogens (tertiary/aromatic N) is 4. The number of halogens is 4. The van der Waals surface area contributed by atoms with E-state index in [1.54, 1.807) is 13.8 Å². The fourth-order valence-electron chi connectivity index (χ4n) is 7.34. The molecule has 3 aromatic rings. The summed E-state index contributed by atoms with van der Waals surface area (Å²) in [6, 6.07) is 3.96. The maximum atomic E-state index is 15.3. The van der Waals surface area contributed by atoms with Gasteiger partial charge >= 0.3 is 0 Å². The Balaban J connectivity index is 1.50. The molecule has 0 saturated carbocycles. The van der Waals surface area contributed by atoms with E-state index in [4.69, 9.17) is 10.7 Å². The van der Waals surface area contributed by atoms with Crippen LogP contribution in [0, 0.1) is 28.8 Å². The molecule has 7 N–H and O–H groups in total. The molecule has 59 heavy (non-hydrogen) atoms. The van der Waals surface area contributed by atoms with Gasteiger partial charge in [-0.3, -0.25) is 24.1 Å². The highest BCUT2D eigenvalue weighted by atomic mass is 32.2. The van der Waals surface area contributed by atoms with Crippen molar-refractivity contribution in [2.45, 2.75) is 69.8 Å². The van der Waals surface area contributed by atoms with E-state index in [9.17, 15) is 43.3 Å². The Hall–Kier alpha value is -4.98. The third kappa shape index (κ3) is 11.0. The molecule has 4 amide bonds. The van der Waals surface area contributed by atoms with E-state index in [2.05, 4.69) is 17.2 Å². The second-order valence-corrected chi connectivity index (χ2v) is 16.8. The van der Waals surface area contributed by atoms with Crippen LogP contribution in [0.3, 0.4) is 0 Å². The average Bonchev–Trinajstić information content (AvgIpc) is 3.82. The first kappa shape index (κ1) is 45.1. The molecular formula is C40H49F4N7O7S. The van der Waals surface area contributed by atoms with Gasteiger partial charge in [-0.2, -0.15) is 0 Å². The summed E-state index contributed by atoms with van der Waals surface area (Å²) in [4.78, 5) is 60.5. The van der Waals surface area contributed by atoms with Gasteiger partial charge < -0.3 is 41.2 Å². The lowest BCUT2D eigenvalue weighted by Crippen LogP contribution is -2.50. The van der Waals surface area contributed by atoms with Crippen molar-refractivity contribution in [3.05, 3.63) is 83.8 Å². The number of aromatic nitrogens is 2. The smallest absolute Gasteiger partial charge is 0.251 e. The van der Waals surface area contributed by atoms with E-state index in [0.717, 1.165) is 47.0 Å². The van der Waals surface area contributed by atoms with Crippen molar-refractivity contribution < 1.29 is 52.1 Å². The summed E-state index contributed by atoms with van der Waals surface area (Å²) in [6.07, 6.45) is -2.11. The Bertz CT molecular complexity index is 2050. The number of phenolic OH excluding ortho intramolecular Hbond substituents is 1. The Morgan fingerprint density at radius 3 is 2.53 bits per heavy atom. The number of alkyl halides is 1. The van der Waals surface area contributed by atoms with Crippen LogP contribution in [-0.4, -0.2) is 120 Å². The molecule has 320 valence electrons. The number of likely N-dealkylation sites (tertiary alicyclic amines) is 1. The van der Waals surface area contributed by atoms with Gasteiger partial charge in [0.05, 0.1) is 23.0 Å². The number of amides is 4. The number of nitrogens with two attached hydrogens (primary N) is 1. The molecule has 3 heterocycles. The monoisotopic (exact) mass is 847 g/mol. The first-order valence-electron chi connectivity index (χ1n) is 19.0. The van der Waals surface area contributed by atoms with Crippen molar-refractivity contribution in [3.8, 4) is 17.0 Å². The van der Waals surface area contributed by atoms with Gasteiger partial charge in [0.2, 0.25) is 17.7 Å². The number of carbonyl (C=O) groups is 4.